The number of carbonyl (C=O) groups is 3. The third-order valence-electron chi connectivity index (χ3n) is 5.58. The smallest absolute Gasteiger partial charge is 0.308 e. The van der Waals surface area contributed by atoms with Crippen LogP contribution in [0.1, 0.15) is 50.2 Å². The zero-order valence-corrected chi connectivity index (χ0v) is 27.9. The van der Waals surface area contributed by atoms with Crippen LogP contribution in [-0.4, -0.2) is 101 Å². The topological polar surface area (TPSA) is 185 Å². The highest BCUT2D eigenvalue weighted by Crippen LogP contribution is 2.31. The molecule has 0 saturated carbocycles. The summed E-state index contributed by atoms with van der Waals surface area (Å²) >= 11 is 0.967. The summed E-state index contributed by atoms with van der Waals surface area (Å²) in [7, 11) is 0. The molecule has 1 aromatic heterocycles. The second-order valence-corrected chi connectivity index (χ2v) is 11.7. The van der Waals surface area contributed by atoms with Gasteiger partial charge < -0.3 is 39.1 Å². The number of aryl methyl sites for hydroxylation is 1. The minimum atomic E-state index is -0.492. The van der Waals surface area contributed by atoms with E-state index in [0.717, 1.165) is 11.3 Å². The van der Waals surface area contributed by atoms with Crippen LogP contribution in [0.5, 0.6) is 0 Å². The second kappa shape index (κ2) is 21.3. The number of benzene rings is 1. The van der Waals surface area contributed by atoms with E-state index in [1.807, 2.05) is 20.8 Å². The first-order valence-electron chi connectivity index (χ1n) is 14.9. The number of rotatable bonds is 23. The van der Waals surface area contributed by atoms with E-state index in [2.05, 4.69) is 26.1 Å². The monoisotopic (exact) mass is 667 g/mol. The van der Waals surface area contributed by atoms with Crippen LogP contribution in [0.25, 0.3) is 0 Å². The Morgan fingerprint density at radius 1 is 0.848 bits per heavy atom. The minimum Gasteiger partial charge on any atom is -0.460 e. The van der Waals surface area contributed by atoms with Crippen LogP contribution >= 0.6 is 11.3 Å². The number of hydrogen-bond acceptors (Lipinski definition) is 14. The molecular weight excluding hydrogens is 622 g/mol. The average Bonchev–Trinajstić information content (AvgIpc) is 3.33. The van der Waals surface area contributed by atoms with Crippen molar-refractivity contribution in [2.24, 2.45) is 5.18 Å². The number of ether oxygens (including phenoxy) is 6. The van der Waals surface area contributed by atoms with Gasteiger partial charge in [-0.05, 0) is 51.1 Å². The van der Waals surface area contributed by atoms with E-state index < -0.39 is 11.5 Å². The van der Waals surface area contributed by atoms with Crippen molar-refractivity contribution < 1.29 is 42.8 Å². The Balaban J connectivity index is 1.50. The first-order valence-corrected chi connectivity index (χ1v) is 15.7. The van der Waals surface area contributed by atoms with Gasteiger partial charge in [0.15, 0.2) is 10.1 Å². The van der Waals surface area contributed by atoms with E-state index in [4.69, 9.17) is 28.4 Å². The molecule has 0 aliphatic heterocycles. The number of thiazole rings is 1. The number of amides is 2. The van der Waals surface area contributed by atoms with Crippen molar-refractivity contribution in [3.05, 3.63) is 34.4 Å². The molecule has 1 aromatic carbocycles. The van der Waals surface area contributed by atoms with Crippen molar-refractivity contribution in [2.45, 2.75) is 46.6 Å². The van der Waals surface area contributed by atoms with E-state index in [1.54, 1.807) is 25.1 Å². The highest BCUT2D eigenvalue weighted by Gasteiger charge is 2.17. The molecule has 15 nitrogen and oxygen atoms in total. The van der Waals surface area contributed by atoms with Crippen molar-refractivity contribution in [3.8, 4) is 0 Å². The van der Waals surface area contributed by atoms with E-state index >= 15 is 0 Å². The van der Waals surface area contributed by atoms with Gasteiger partial charge in [0.2, 0.25) is 5.91 Å². The number of hydrogen-bond donors (Lipinski definition) is 3. The lowest BCUT2D eigenvalue weighted by Crippen LogP contribution is -2.24. The first kappa shape index (κ1) is 38.6. The zero-order valence-electron chi connectivity index (χ0n) is 27.1. The molecule has 3 N–H and O–H groups in total. The standard InChI is InChI=1S/C30H45N5O10S/c1-21-28(35-39)46-29(32-21)34-27(38)24-7-6-23(20-25(24)33-22(2)36)31-9-11-41-13-15-43-17-19-44-18-16-42-14-12-40-10-8-26(37)45-30(3,4)5/h6-7,20,31H,8-19H2,1-5H3,(H,33,36)(H,32,34,38). The van der Waals surface area contributed by atoms with Crippen LogP contribution in [0, 0.1) is 11.8 Å². The van der Waals surface area contributed by atoms with Gasteiger partial charge in [-0.1, -0.05) is 11.3 Å². The Bertz CT molecular complexity index is 1250. The summed E-state index contributed by atoms with van der Waals surface area (Å²) in [5, 5.41) is 11.8. The molecule has 256 valence electrons. The van der Waals surface area contributed by atoms with E-state index in [-0.39, 0.29) is 34.0 Å². The summed E-state index contributed by atoms with van der Waals surface area (Å²) < 4.78 is 32.5. The van der Waals surface area contributed by atoms with Gasteiger partial charge in [0.25, 0.3) is 5.91 Å². The molecule has 16 heteroatoms. The third kappa shape index (κ3) is 16.7. The first-order chi connectivity index (χ1) is 22.0. The molecule has 0 radical (unpaired) electrons. The lowest BCUT2D eigenvalue weighted by Gasteiger charge is -2.19. The maximum absolute atomic E-state index is 12.8. The van der Waals surface area contributed by atoms with E-state index in [1.165, 1.54) is 6.92 Å². The van der Waals surface area contributed by atoms with E-state index in [0.29, 0.717) is 89.7 Å². The summed E-state index contributed by atoms with van der Waals surface area (Å²) in [6.45, 7) is 13.0. The molecule has 46 heavy (non-hydrogen) atoms. The van der Waals surface area contributed by atoms with Crippen LogP contribution in [0.15, 0.2) is 23.4 Å². The van der Waals surface area contributed by atoms with E-state index in [9.17, 15) is 19.3 Å². The number of nitroso groups, excluding NO2 is 1. The number of aromatic nitrogens is 1. The van der Waals surface area contributed by atoms with Gasteiger partial charge in [0.05, 0.1) is 89.4 Å². The molecule has 0 atom stereocenters. The molecule has 0 aliphatic carbocycles. The predicted molar refractivity (Wildman–Crippen MR) is 174 cm³/mol. The van der Waals surface area contributed by atoms with Gasteiger partial charge in [-0.25, -0.2) is 4.98 Å². The summed E-state index contributed by atoms with van der Waals surface area (Å²) in [6.07, 6.45) is 0.211. The lowest BCUT2D eigenvalue weighted by atomic mass is 10.1. The maximum atomic E-state index is 12.8. The van der Waals surface area contributed by atoms with Gasteiger partial charge in [-0.3, -0.25) is 19.7 Å². The minimum absolute atomic E-state index is 0.187. The summed E-state index contributed by atoms with van der Waals surface area (Å²) in [6, 6.07) is 4.94. The Labute approximate surface area is 273 Å². The van der Waals surface area contributed by atoms with Crippen LogP contribution in [0.2, 0.25) is 0 Å². The Kier molecular flexibility index (Phi) is 17.9. The molecule has 0 bridgehead atoms. The third-order valence-corrected chi connectivity index (χ3v) is 6.53. The van der Waals surface area contributed by atoms with Crippen molar-refractivity contribution in [1.29, 1.82) is 0 Å². The number of nitrogens with one attached hydrogen (secondary N) is 3. The molecule has 2 aromatic rings. The Hall–Kier alpha value is -3.54. The Morgan fingerprint density at radius 3 is 1.93 bits per heavy atom. The van der Waals surface area contributed by atoms with Crippen molar-refractivity contribution >= 4 is 50.6 Å². The number of carbonyl (C=O) groups excluding carboxylic acids is 3. The van der Waals surface area contributed by atoms with Crippen molar-refractivity contribution in [3.63, 3.8) is 0 Å². The SMILES string of the molecule is CC(=O)Nc1cc(NCCOCCOCCOCCOCCOCCC(=O)OC(C)(C)C)ccc1C(=O)Nc1nc(C)c(N=O)s1. The van der Waals surface area contributed by atoms with Crippen molar-refractivity contribution in [2.75, 3.05) is 88.6 Å². The summed E-state index contributed by atoms with van der Waals surface area (Å²) in [5.41, 5.74) is 1.17. The molecule has 0 spiro atoms. The average molecular weight is 668 g/mol. The summed E-state index contributed by atoms with van der Waals surface area (Å²) in [4.78, 5) is 51.1. The molecule has 0 unspecified atom stereocenters. The molecule has 2 amide bonds. The highest BCUT2D eigenvalue weighted by molar-refractivity contribution is 7.19. The van der Waals surface area contributed by atoms with Gasteiger partial charge in [-0.15, -0.1) is 4.91 Å². The number of anilines is 3. The van der Waals surface area contributed by atoms with Gasteiger partial charge >= 0.3 is 5.97 Å². The fraction of sp³-hybridized carbons (Fsp3) is 0.600. The predicted octanol–water partition coefficient (Wildman–Crippen LogP) is 4.29. The van der Waals surface area contributed by atoms with Crippen molar-refractivity contribution in [1.82, 2.24) is 4.98 Å². The largest absolute Gasteiger partial charge is 0.460 e. The molecule has 0 fully saturated rings. The number of nitrogens with zero attached hydrogens (tertiary/aromatic N) is 2. The highest BCUT2D eigenvalue weighted by atomic mass is 32.1. The van der Waals surface area contributed by atoms with Crippen LogP contribution < -0.4 is 16.0 Å². The van der Waals surface area contributed by atoms with Crippen LogP contribution in [-0.2, 0) is 38.0 Å². The fourth-order valence-electron chi connectivity index (χ4n) is 3.63. The van der Waals surface area contributed by atoms with Gasteiger partial charge in [0.1, 0.15) is 5.60 Å². The number of esters is 1. The zero-order chi connectivity index (χ0) is 33.8. The molecular formula is C30H45N5O10S. The molecule has 0 aliphatic rings. The van der Waals surface area contributed by atoms with Crippen LogP contribution in [0.4, 0.5) is 21.5 Å². The Morgan fingerprint density at radius 2 is 1.41 bits per heavy atom. The van der Waals surface area contributed by atoms with Gasteiger partial charge in [0, 0.05) is 19.2 Å². The fourth-order valence-corrected chi connectivity index (χ4v) is 4.37. The quantitative estimate of drug-likeness (QED) is 0.0869. The molecule has 0 saturated heterocycles. The molecule has 1 heterocycles. The lowest BCUT2D eigenvalue weighted by molar-refractivity contribution is -0.156. The van der Waals surface area contributed by atoms with Gasteiger partial charge in [-0.2, -0.15) is 0 Å². The maximum Gasteiger partial charge on any atom is 0.308 e. The van der Waals surface area contributed by atoms with Crippen LogP contribution in [0.3, 0.4) is 0 Å². The molecule has 2 rings (SSSR count). The second-order valence-electron chi connectivity index (χ2n) is 10.7. The summed E-state index contributed by atoms with van der Waals surface area (Å²) in [5.74, 6) is -1.10. The normalized spacial score (nSPS) is 11.2.